The molecule has 1 unspecified atom stereocenters. The van der Waals surface area contributed by atoms with Gasteiger partial charge < -0.3 is 15.4 Å². The number of nitrogens with zero attached hydrogens (tertiary/aromatic N) is 1. The number of aromatic nitrogens is 2. The molecule has 1 aromatic heterocycles. The summed E-state index contributed by atoms with van der Waals surface area (Å²) >= 11 is 0. The Morgan fingerprint density at radius 2 is 1.90 bits per heavy atom. The van der Waals surface area contributed by atoms with Crippen molar-refractivity contribution >= 4 is 11.8 Å². The monoisotopic (exact) mass is 404 g/mol. The number of hydrogen-bond acceptors (Lipinski definition) is 4. The van der Waals surface area contributed by atoms with Gasteiger partial charge in [0, 0.05) is 18.8 Å². The number of H-pyrrole nitrogens is 1. The van der Waals surface area contributed by atoms with E-state index in [2.05, 4.69) is 20.8 Å². The topological polar surface area (TPSA) is 96.1 Å². The quantitative estimate of drug-likeness (QED) is 0.564. The van der Waals surface area contributed by atoms with Crippen LogP contribution in [-0.2, 0) is 15.0 Å². The minimum atomic E-state index is -0.791. The first kappa shape index (κ1) is 19.7. The smallest absolute Gasteiger partial charge is 0.246 e. The minimum Gasteiger partial charge on any atom is -0.497 e. The standard InChI is InChI=1S/C23H24N4O3/c1-24-21(28)20(16-4-3-5-19(12-16)30-2)27-22(29)23(10-11-23)18-8-6-15(7-9-18)17-13-25-26-14-17/h3-9,12-14,20H,10-11H2,1-2H3,(H,24,28)(H,25,26)(H,27,29). The molecule has 0 spiro atoms. The lowest BCUT2D eigenvalue weighted by Gasteiger charge is -2.22. The molecule has 1 heterocycles. The lowest BCUT2D eigenvalue weighted by Crippen LogP contribution is -2.43. The Bertz CT molecular complexity index is 1040. The van der Waals surface area contributed by atoms with Crippen LogP contribution in [0.5, 0.6) is 5.75 Å². The summed E-state index contributed by atoms with van der Waals surface area (Å²) in [5.74, 6) is 0.212. The molecule has 30 heavy (non-hydrogen) atoms. The molecule has 2 aromatic carbocycles. The summed E-state index contributed by atoms with van der Waals surface area (Å²) in [7, 11) is 3.13. The predicted molar refractivity (Wildman–Crippen MR) is 113 cm³/mol. The molecule has 2 amide bonds. The van der Waals surface area contributed by atoms with Crippen LogP contribution in [-0.4, -0.2) is 36.2 Å². The highest BCUT2D eigenvalue weighted by Crippen LogP contribution is 2.49. The lowest BCUT2D eigenvalue weighted by atomic mass is 9.92. The Hall–Kier alpha value is -3.61. The first-order valence-electron chi connectivity index (χ1n) is 9.83. The molecular weight excluding hydrogens is 380 g/mol. The fourth-order valence-electron chi connectivity index (χ4n) is 3.70. The van der Waals surface area contributed by atoms with Crippen LogP contribution in [0, 0.1) is 0 Å². The number of rotatable bonds is 7. The highest BCUT2D eigenvalue weighted by molar-refractivity contribution is 5.95. The van der Waals surface area contributed by atoms with E-state index < -0.39 is 11.5 Å². The highest BCUT2D eigenvalue weighted by atomic mass is 16.5. The van der Waals surface area contributed by atoms with Gasteiger partial charge in [-0.2, -0.15) is 5.10 Å². The predicted octanol–water partition coefficient (Wildman–Crippen LogP) is 2.72. The summed E-state index contributed by atoms with van der Waals surface area (Å²) in [5, 5.41) is 12.4. The van der Waals surface area contributed by atoms with Gasteiger partial charge in [-0.15, -0.1) is 0 Å². The third-order valence-corrected chi connectivity index (χ3v) is 5.66. The zero-order valence-corrected chi connectivity index (χ0v) is 16.9. The van der Waals surface area contributed by atoms with E-state index in [0.717, 1.165) is 29.5 Å². The van der Waals surface area contributed by atoms with Crippen molar-refractivity contribution in [1.29, 1.82) is 0 Å². The number of ether oxygens (including phenoxy) is 1. The second-order valence-electron chi connectivity index (χ2n) is 7.44. The molecule has 154 valence electrons. The minimum absolute atomic E-state index is 0.144. The van der Waals surface area contributed by atoms with Gasteiger partial charge in [0.05, 0.1) is 18.7 Å². The molecule has 1 aliphatic carbocycles. The second-order valence-corrected chi connectivity index (χ2v) is 7.44. The van der Waals surface area contributed by atoms with Crippen LogP contribution in [0.15, 0.2) is 60.9 Å². The maximum atomic E-state index is 13.3. The van der Waals surface area contributed by atoms with Crippen molar-refractivity contribution in [3.8, 4) is 16.9 Å². The number of amides is 2. The highest BCUT2D eigenvalue weighted by Gasteiger charge is 2.52. The molecule has 1 aliphatic rings. The van der Waals surface area contributed by atoms with Gasteiger partial charge >= 0.3 is 0 Å². The van der Waals surface area contributed by atoms with Gasteiger partial charge in [-0.1, -0.05) is 36.4 Å². The molecule has 3 N–H and O–H groups in total. The van der Waals surface area contributed by atoms with E-state index in [-0.39, 0.29) is 11.8 Å². The lowest BCUT2D eigenvalue weighted by molar-refractivity contribution is -0.130. The summed E-state index contributed by atoms with van der Waals surface area (Å²) in [6, 6.07) is 14.3. The second kappa shape index (κ2) is 8.02. The molecule has 0 bridgehead atoms. The molecule has 3 aromatic rings. The summed E-state index contributed by atoms with van der Waals surface area (Å²) < 4.78 is 5.26. The van der Waals surface area contributed by atoms with Crippen LogP contribution in [0.3, 0.4) is 0 Å². The number of carbonyl (C=O) groups excluding carboxylic acids is 2. The van der Waals surface area contributed by atoms with Crippen LogP contribution in [0.1, 0.15) is 30.0 Å². The molecule has 7 nitrogen and oxygen atoms in total. The molecule has 4 rings (SSSR count). The largest absolute Gasteiger partial charge is 0.497 e. The van der Waals surface area contributed by atoms with Crippen LogP contribution in [0.25, 0.3) is 11.1 Å². The van der Waals surface area contributed by atoms with Crippen LogP contribution in [0.4, 0.5) is 0 Å². The summed E-state index contributed by atoms with van der Waals surface area (Å²) in [4.78, 5) is 25.8. The van der Waals surface area contributed by atoms with Gasteiger partial charge in [0.15, 0.2) is 0 Å². The van der Waals surface area contributed by atoms with Crippen molar-refractivity contribution in [2.24, 2.45) is 0 Å². The van der Waals surface area contributed by atoms with Crippen molar-refractivity contribution in [1.82, 2.24) is 20.8 Å². The normalized spacial score (nSPS) is 15.1. The summed E-state index contributed by atoms with van der Waals surface area (Å²) in [6.45, 7) is 0. The van der Waals surface area contributed by atoms with E-state index in [1.54, 1.807) is 38.6 Å². The van der Waals surface area contributed by atoms with Gasteiger partial charge in [-0.05, 0) is 41.7 Å². The Labute approximate surface area is 174 Å². The zero-order valence-electron chi connectivity index (χ0n) is 16.9. The van der Waals surface area contributed by atoms with E-state index in [9.17, 15) is 9.59 Å². The van der Waals surface area contributed by atoms with Gasteiger partial charge in [-0.3, -0.25) is 14.7 Å². The number of carbonyl (C=O) groups is 2. The van der Waals surface area contributed by atoms with Crippen molar-refractivity contribution in [3.05, 3.63) is 72.1 Å². The number of aromatic amines is 1. The average Bonchev–Trinajstić information content (AvgIpc) is 3.43. The van der Waals surface area contributed by atoms with Crippen LogP contribution in [0.2, 0.25) is 0 Å². The maximum absolute atomic E-state index is 13.3. The number of likely N-dealkylation sites (N-methyl/N-ethyl adjacent to an activating group) is 1. The number of hydrogen-bond donors (Lipinski definition) is 3. The molecular formula is C23H24N4O3. The Balaban J connectivity index is 1.56. The van der Waals surface area contributed by atoms with E-state index in [1.807, 2.05) is 36.5 Å². The van der Waals surface area contributed by atoms with E-state index in [0.29, 0.717) is 11.3 Å². The SMILES string of the molecule is CNC(=O)C(NC(=O)C1(c2ccc(-c3cn[nH]c3)cc2)CC1)c1cccc(OC)c1. The summed E-state index contributed by atoms with van der Waals surface area (Å²) in [6.07, 6.45) is 5.10. The molecule has 7 heteroatoms. The first-order chi connectivity index (χ1) is 14.6. The van der Waals surface area contributed by atoms with Crippen molar-refractivity contribution in [2.75, 3.05) is 14.2 Å². The first-order valence-corrected chi connectivity index (χ1v) is 9.83. The third kappa shape index (κ3) is 3.66. The third-order valence-electron chi connectivity index (χ3n) is 5.66. The Morgan fingerprint density at radius 1 is 1.13 bits per heavy atom. The van der Waals surface area contributed by atoms with E-state index in [1.165, 1.54) is 0 Å². The van der Waals surface area contributed by atoms with Crippen molar-refractivity contribution < 1.29 is 14.3 Å². The van der Waals surface area contributed by atoms with Gasteiger partial charge in [0.25, 0.3) is 0 Å². The number of benzene rings is 2. The van der Waals surface area contributed by atoms with E-state index in [4.69, 9.17) is 4.74 Å². The molecule has 0 saturated heterocycles. The Morgan fingerprint density at radius 3 is 2.50 bits per heavy atom. The molecule has 1 atom stereocenters. The van der Waals surface area contributed by atoms with Crippen molar-refractivity contribution in [2.45, 2.75) is 24.3 Å². The molecule has 1 saturated carbocycles. The molecule has 0 radical (unpaired) electrons. The fourth-order valence-corrected chi connectivity index (χ4v) is 3.70. The Kier molecular flexibility index (Phi) is 5.27. The van der Waals surface area contributed by atoms with Crippen molar-refractivity contribution in [3.63, 3.8) is 0 Å². The number of methoxy groups -OCH3 is 1. The molecule has 1 fully saturated rings. The maximum Gasteiger partial charge on any atom is 0.246 e. The van der Waals surface area contributed by atoms with E-state index >= 15 is 0 Å². The zero-order chi connectivity index (χ0) is 21.1. The van der Waals surface area contributed by atoms with Gasteiger partial charge in [0.2, 0.25) is 11.8 Å². The number of nitrogens with one attached hydrogen (secondary N) is 3. The average molecular weight is 404 g/mol. The van der Waals surface area contributed by atoms with Crippen LogP contribution >= 0.6 is 0 Å². The fraction of sp³-hybridized carbons (Fsp3) is 0.261. The van der Waals surface area contributed by atoms with Gasteiger partial charge in [-0.25, -0.2) is 0 Å². The van der Waals surface area contributed by atoms with Gasteiger partial charge in [0.1, 0.15) is 11.8 Å². The summed E-state index contributed by atoms with van der Waals surface area (Å²) in [5.41, 5.74) is 3.05. The van der Waals surface area contributed by atoms with Crippen LogP contribution < -0.4 is 15.4 Å². The molecule has 0 aliphatic heterocycles.